The summed E-state index contributed by atoms with van der Waals surface area (Å²) in [6.07, 6.45) is 2.27. The lowest BCUT2D eigenvalue weighted by molar-refractivity contribution is -0.116. The Morgan fingerprint density at radius 1 is 1.15 bits per heavy atom. The lowest BCUT2D eigenvalue weighted by atomic mass is 10.2. The molecule has 7 heteroatoms. The molecule has 27 heavy (non-hydrogen) atoms. The Morgan fingerprint density at radius 3 is 2.67 bits per heavy atom. The van der Waals surface area contributed by atoms with Gasteiger partial charge in [-0.05, 0) is 50.6 Å². The van der Waals surface area contributed by atoms with E-state index in [1.54, 1.807) is 12.1 Å². The molecule has 0 bridgehead atoms. The van der Waals surface area contributed by atoms with Gasteiger partial charge in [0.25, 0.3) is 5.91 Å². The molecule has 7 nitrogen and oxygen atoms in total. The second-order valence-electron chi connectivity index (χ2n) is 6.24. The molecule has 0 aliphatic carbocycles. The number of hydrogen-bond donors (Lipinski definition) is 2. The number of anilines is 1. The molecule has 2 N–H and O–H groups in total. The van der Waals surface area contributed by atoms with Crippen LogP contribution in [-0.4, -0.2) is 28.1 Å². The van der Waals surface area contributed by atoms with Gasteiger partial charge in [-0.15, -0.1) is 0 Å². The van der Waals surface area contributed by atoms with Crippen LogP contribution >= 0.6 is 0 Å². The maximum absolute atomic E-state index is 12.3. The number of nitrogens with one attached hydrogen (secondary N) is 2. The van der Waals surface area contributed by atoms with Crippen LogP contribution in [0.3, 0.4) is 0 Å². The van der Waals surface area contributed by atoms with Gasteiger partial charge < -0.3 is 15.1 Å². The van der Waals surface area contributed by atoms with Gasteiger partial charge in [0.2, 0.25) is 5.91 Å². The molecule has 0 saturated heterocycles. The first kappa shape index (κ1) is 18.4. The quantitative estimate of drug-likeness (QED) is 0.628. The molecule has 0 radical (unpaired) electrons. The Morgan fingerprint density at radius 2 is 1.96 bits per heavy atom. The second kappa shape index (κ2) is 8.35. The summed E-state index contributed by atoms with van der Waals surface area (Å²) in [4.78, 5) is 24.0. The third-order valence-electron chi connectivity index (χ3n) is 4.03. The Bertz CT molecular complexity index is 929. The zero-order chi connectivity index (χ0) is 19.2. The van der Waals surface area contributed by atoms with Crippen LogP contribution in [0.1, 0.15) is 34.8 Å². The summed E-state index contributed by atoms with van der Waals surface area (Å²) < 4.78 is 6.83. The fraction of sp³-hybridized carbons (Fsp3) is 0.250. The predicted molar refractivity (Wildman–Crippen MR) is 102 cm³/mol. The topological polar surface area (TPSA) is 89.2 Å². The Hall–Kier alpha value is -3.35. The number of carbonyl (C=O) groups is 2. The van der Waals surface area contributed by atoms with Crippen molar-refractivity contribution in [3.8, 4) is 5.69 Å². The number of furan rings is 1. The maximum atomic E-state index is 12.3. The predicted octanol–water partition coefficient (Wildman–Crippen LogP) is 3.23. The van der Waals surface area contributed by atoms with Crippen LogP contribution in [0.4, 0.5) is 5.69 Å². The average Bonchev–Trinajstić information content (AvgIpc) is 3.29. The molecule has 0 atom stereocenters. The minimum Gasteiger partial charge on any atom is -0.459 e. The van der Waals surface area contributed by atoms with Crippen molar-refractivity contribution in [2.24, 2.45) is 0 Å². The number of aromatic nitrogens is 2. The lowest BCUT2D eigenvalue weighted by Crippen LogP contribution is -2.25. The van der Waals surface area contributed by atoms with Crippen molar-refractivity contribution in [3.05, 3.63) is 65.9 Å². The largest absolute Gasteiger partial charge is 0.459 e. The molecule has 3 rings (SSSR count). The van der Waals surface area contributed by atoms with Crippen LogP contribution in [0, 0.1) is 13.8 Å². The summed E-state index contributed by atoms with van der Waals surface area (Å²) in [6.45, 7) is 4.30. The van der Waals surface area contributed by atoms with Crippen LogP contribution < -0.4 is 10.6 Å². The van der Waals surface area contributed by atoms with Crippen molar-refractivity contribution in [3.63, 3.8) is 0 Å². The normalized spacial score (nSPS) is 10.6. The fourth-order valence-corrected chi connectivity index (χ4v) is 2.80. The molecule has 0 saturated carbocycles. The van der Waals surface area contributed by atoms with Gasteiger partial charge in [0.15, 0.2) is 5.76 Å². The molecule has 2 heterocycles. The molecule has 1 aromatic carbocycles. The van der Waals surface area contributed by atoms with E-state index in [0.717, 1.165) is 17.1 Å². The monoisotopic (exact) mass is 366 g/mol. The van der Waals surface area contributed by atoms with Gasteiger partial charge >= 0.3 is 0 Å². The number of nitrogens with zero attached hydrogens (tertiary/aromatic N) is 2. The standard InChI is InChI=1S/C20H22N4O3/c1-14-13-15(2)24(23-14)17-8-4-3-7-16(17)22-19(25)10-5-11-21-20(26)18-9-6-12-27-18/h3-4,6-9,12-13H,5,10-11H2,1-2H3,(H,21,26)(H,22,25). The van der Waals surface area contributed by atoms with Crippen LogP contribution in [0.2, 0.25) is 0 Å². The summed E-state index contributed by atoms with van der Waals surface area (Å²) in [5, 5.41) is 10.1. The van der Waals surface area contributed by atoms with Gasteiger partial charge in [-0.1, -0.05) is 12.1 Å². The first-order chi connectivity index (χ1) is 13.0. The van der Waals surface area contributed by atoms with E-state index >= 15 is 0 Å². The Balaban J connectivity index is 1.54. The third kappa shape index (κ3) is 4.63. The van der Waals surface area contributed by atoms with Crippen LogP contribution in [-0.2, 0) is 4.79 Å². The highest BCUT2D eigenvalue weighted by atomic mass is 16.3. The molecule has 0 aliphatic heterocycles. The summed E-state index contributed by atoms with van der Waals surface area (Å²) in [5.74, 6) is -0.134. The van der Waals surface area contributed by atoms with E-state index in [4.69, 9.17) is 4.42 Å². The Kier molecular flexibility index (Phi) is 5.71. The molecule has 140 valence electrons. The first-order valence-corrected chi connectivity index (χ1v) is 8.79. The highest BCUT2D eigenvalue weighted by Gasteiger charge is 2.12. The van der Waals surface area contributed by atoms with Crippen LogP contribution in [0.5, 0.6) is 0 Å². The number of hydrogen-bond acceptors (Lipinski definition) is 4. The first-order valence-electron chi connectivity index (χ1n) is 8.79. The third-order valence-corrected chi connectivity index (χ3v) is 4.03. The van der Waals surface area contributed by atoms with Gasteiger partial charge in [0.1, 0.15) is 0 Å². The molecular formula is C20H22N4O3. The lowest BCUT2D eigenvalue weighted by Gasteiger charge is -2.12. The van der Waals surface area contributed by atoms with Crippen molar-refractivity contribution in [2.45, 2.75) is 26.7 Å². The van der Waals surface area contributed by atoms with Gasteiger partial charge in [-0.25, -0.2) is 4.68 Å². The summed E-state index contributed by atoms with van der Waals surface area (Å²) >= 11 is 0. The SMILES string of the molecule is Cc1cc(C)n(-c2ccccc2NC(=O)CCCNC(=O)c2ccco2)n1. The molecule has 0 fully saturated rings. The van der Waals surface area contributed by atoms with E-state index in [-0.39, 0.29) is 17.6 Å². The number of carbonyl (C=O) groups excluding carboxylic acids is 2. The molecule has 0 aliphatic rings. The van der Waals surface area contributed by atoms with Crippen molar-refractivity contribution >= 4 is 17.5 Å². The van der Waals surface area contributed by atoms with E-state index in [1.807, 2.05) is 48.9 Å². The summed E-state index contributed by atoms with van der Waals surface area (Å²) in [6, 6.07) is 12.8. The van der Waals surface area contributed by atoms with Gasteiger partial charge in [-0.3, -0.25) is 9.59 Å². The molecular weight excluding hydrogens is 344 g/mol. The number of rotatable bonds is 7. The van der Waals surface area contributed by atoms with Crippen LogP contribution in [0.25, 0.3) is 5.69 Å². The second-order valence-corrected chi connectivity index (χ2v) is 6.24. The number of aryl methyl sites for hydroxylation is 2. The molecule has 0 unspecified atom stereocenters. The summed E-state index contributed by atoms with van der Waals surface area (Å²) in [7, 11) is 0. The van der Waals surface area contributed by atoms with E-state index in [0.29, 0.717) is 25.1 Å². The van der Waals surface area contributed by atoms with E-state index in [2.05, 4.69) is 15.7 Å². The van der Waals surface area contributed by atoms with Gasteiger partial charge in [-0.2, -0.15) is 5.10 Å². The highest BCUT2D eigenvalue weighted by molar-refractivity contribution is 5.93. The van der Waals surface area contributed by atoms with Crippen molar-refractivity contribution in [1.82, 2.24) is 15.1 Å². The molecule has 0 spiro atoms. The van der Waals surface area contributed by atoms with Crippen molar-refractivity contribution in [2.75, 3.05) is 11.9 Å². The molecule has 3 aromatic rings. The number of para-hydroxylation sites is 2. The molecule has 2 aromatic heterocycles. The fourth-order valence-electron chi connectivity index (χ4n) is 2.80. The van der Waals surface area contributed by atoms with E-state index in [1.165, 1.54) is 6.26 Å². The van der Waals surface area contributed by atoms with E-state index in [9.17, 15) is 9.59 Å². The van der Waals surface area contributed by atoms with Crippen molar-refractivity contribution in [1.29, 1.82) is 0 Å². The van der Waals surface area contributed by atoms with E-state index < -0.39 is 0 Å². The zero-order valence-corrected chi connectivity index (χ0v) is 15.4. The van der Waals surface area contributed by atoms with Crippen molar-refractivity contribution < 1.29 is 14.0 Å². The highest BCUT2D eigenvalue weighted by Crippen LogP contribution is 2.21. The number of amides is 2. The minimum absolute atomic E-state index is 0.115. The minimum atomic E-state index is -0.282. The molecule has 2 amide bonds. The van der Waals surface area contributed by atoms with Gasteiger partial charge in [0.05, 0.1) is 23.3 Å². The maximum Gasteiger partial charge on any atom is 0.286 e. The smallest absolute Gasteiger partial charge is 0.286 e. The average molecular weight is 366 g/mol. The number of benzene rings is 1. The van der Waals surface area contributed by atoms with Crippen LogP contribution in [0.15, 0.2) is 53.1 Å². The zero-order valence-electron chi connectivity index (χ0n) is 15.4. The summed E-state index contributed by atoms with van der Waals surface area (Å²) in [5.41, 5.74) is 3.44. The van der Waals surface area contributed by atoms with Gasteiger partial charge in [0, 0.05) is 18.7 Å². The Labute approximate surface area is 157 Å².